The molecule has 26 heavy (non-hydrogen) atoms. The Balaban J connectivity index is 0.00000243. The lowest BCUT2D eigenvalue weighted by molar-refractivity contribution is 0.727. The normalized spacial score (nSPS) is 16.8. The van der Waals surface area contributed by atoms with E-state index in [-0.39, 0.29) is 24.0 Å². The number of halogens is 1. The monoisotopic (exact) mass is 482 g/mol. The minimum absolute atomic E-state index is 0. The van der Waals surface area contributed by atoms with Gasteiger partial charge in [-0.15, -0.1) is 24.0 Å². The molecule has 0 radical (unpaired) electrons. The van der Waals surface area contributed by atoms with Crippen LogP contribution in [0, 0.1) is 0 Å². The molecule has 1 aliphatic heterocycles. The molecule has 0 saturated carbocycles. The molecule has 1 unspecified atom stereocenters. The van der Waals surface area contributed by atoms with Crippen LogP contribution in [0.2, 0.25) is 0 Å². The Labute approximate surface area is 177 Å². The van der Waals surface area contributed by atoms with E-state index >= 15 is 0 Å². The number of guanidine groups is 1. The Morgan fingerprint density at radius 3 is 2.88 bits per heavy atom. The summed E-state index contributed by atoms with van der Waals surface area (Å²) < 4.78 is 0. The Morgan fingerprint density at radius 1 is 1.23 bits per heavy atom. The van der Waals surface area contributed by atoms with Gasteiger partial charge in [-0.25, -0.2) is 4.99 Å². The largest absolute Gasteiger partial charge is 0.357 e. The van der Waals surface area contributed by atoms with Gasteiger partial charge in [0.25, 0.3) is 0 Å². The molecule has 6 heteroatoms. The highest BCUT2D eigenvalue weighted by Crippen LogP contribution is 2.25. The van der Waals surface area contributed by atoms with Gasteiger partial charge in [0.05, 0.1) is 12.2 Å². The summed E-state index contributed by atoms with van der Waals surface area (Å²) >= 11 is 2.06. The first-order valence-electron chi connectivity index (χ1n) is 8.99. The number of thioether (sulfide) groups is 1. The highest BCUT2D eigenvalue weighted by atomic mass is 127. The molecule has 1 atom stereocenters. The first-order chi connectivity index (χ1) is 12.3. The quantitative estimate of drug-likeness (QED) is 0.366. The molecule has 2 N–H and O–H groups in total. The fourth-order valence-electron chi connectivity index (χ4n) is 2.89. The predicted octanol–water partition coefficient (Wildman–Crippen LogP) is 4.32. The van der Waals surface area contributed by atoms with Gasteiger partial charge >= 0.3 is 0 Å². The number of hydrogen-bond donors (Lipinski definition) is 2. The van der Waals surface area contributed by atoms with Crippen molar-refractivity contribution in [3.05, 3.63) is 54.2 Å². The molecule has 1 saturated heterocycles. The lowest BCUT2D eigenvalue weighted by Gasteiger charge is -2.14. The Bertz CT molecular complexity index is 687. The van der Waals surface area contributed by atoms with Crippen molar-refractivity contribution in [3.63, 3.8) is 0 Å². The molecule has 1 aromatic carbocycles. The van der Waals surface area contributed by atoms with Gasteiger partial charge in [0.1, 0.15) is 0 Å². The SMILES string of the molecule is CCNC(=NCc1cccc(-c2ccccn2)c1)NCC1CCCS1.I. The lowest BCUT2D eigenvalue weighted by atomic mass is 10.1. The van der Waals surface area contributed by atoms with Crippen LogP contribution in [0.5, 0.6) is 0 Å². The molecule has 140 valence electrons. The van der Waals surface area contributed by atoms with Gasteiger partial charge in [-0.3, -0.25) is 4.98 Å². The van der Waals surface area contributed by atoms with Gasteiger partial charge in [0, 0.05) is 30.1 Å². The number of benzene rings is 1. The van der Waals surface area contributed by atoms with E-state index in [0.717, 1.165) is 35.6 Å². The van der Waals surface area contributed by atoms with Crippen LogP contribution in [0.4, 0.5) is 0 Å². The molecule has 0 spiro atoms. The summed E-state index contributed by atoms with van der Waals surface area (Å²) in [6.07, 6.45) is 4.47. The third-order valence-corrected chi connectivity index (χ3v) is 5.57. The van der Waals surface area contributed by atoms with Gasteiger partial charge in [-0.1, -0.05) is 24.3 Å². The fourth-order valence-corrected chi connectivity index (χ4v) is 4.09. The highest BCUT2D eigenvalue weighted by Gasteiger charge is 2.15. The maximum atomic E-state index is 4.74. The van der Waals surface area contributed by atoms with E-state index in [1.54, 1.807) is 0 Å². The Kier molecular flexibility index (Phi) is 9.25. The summed E-state index contributed by atoms with van der Waals surface area (Å²) in [5.41, 5.74) is 3.32. The number of rotatable bonds is 6. The molecule has 0 bridgehead atoms. The van der Waals surface area contributed by atoms with Gasteiger partial charge in [-0.2, -0.15) is 11.8 Å². The van der Waals surface area contributed by atoms with Crippen molar-refractivity contribution >= 4 is 41.7 Å². The molecular weight excluding hydrogens is 455 g/mol. The molecule has 2 aromatic rings. The van der Waals surface area contributed by atoms with Crippen LogP contribution in [0.25, 0.3) is 11.3 Å². The van der Waals surface area contributed by atoms with Crippen molar-refractivity contribution in [1.82, 2.24) is 15.6 Å². The number of aliphatic imine (C=N–C) groups is 1. The molecule has 2 heterocycles. The molecule has 0 aliphatic carbocycles. The zero-order valence-corrected chi connectivity index (χ0v) is 18.3. The van der Waals surface area contributed by atoms with Crippen LogP contribution < -0.4 is 10.6 Å². The third kappa shape index (κ3) is 6.46. The summed E-state index contributed by atoms with van der Waals surface area (Å²) in [6.45, 7) is 4.62. The molecular formula is C20H27IN4S. The van der Waals surface area contributed by atoms with Gasteiger partial charge in [0.15, 0.2) is 5.96 Å². The lowest BCUT2D eigenvalue weighted by Crippen LogP contribution is -2.40. The van der Waals surface area contributed by atoms with E-state index in [4.69, 9.17) is 4.99 Å². The molecule has 0 amide bonds. The Hall–Kier alpha value is -1.28. The van der Waals surface area contributed by atoms with Crippen LogP contribution in [0.15, 0.2) is 53.7 Å². The van der Waals surface area contributed by atoms with Crippen molar-refractivity contribution in [2.45, 2.75) is 31.6 Å². The van der Waals surface area contributed by atoms with Crippen molar-refractivity contribution in [2.75, 3.05) is 18.8 Å². The first kappa shape index (κ1) is 21.0. The summed E-state index contributed by atoms with van der Waals surface area (Å²) in [5, 5.41) is 7.54. The summed E-state index contributed by atoms with van der Waals surface area (Å²) in [6, 6.07) is 14.4. The van der Waals surface area contributed by atoms with Crippen LogP contribution in [-0.2, 0) is 6.54 Å². The molecule has 1 aliphatic rings. The fraction of sp³-hybridized carbons (Fsp3) is 0.400. The van der Waals surface area contributed by atoms with Crippen molar-refractivity contribution < 1.29 is 0 Å². The third-order valence-electron chi connectivity index (χ3n) is 4.17. The number of hydrogen-bond acceptors (Lipinski definition) is 3. The predicted molar refractivity (Wildman–Crippen MR) is 123 cm³/mol. The van der Waals surface area contributed by atoms with Gasteiger partial charge in [0.2, 0.25) is 0 Å². The minimum atomic E-state index is 0. The van der Waals surface area contributed by atoms with Gasteiger partial charge in [-0.05, 0) is 49.3 Å². The zero-order chi connectivity index (χ0) is 17.3. The highest BCUT2D eigenvalue weighted by molar-refractivity contribution is 14.0. The standard InChI is InChI=1S/C20H26N4S.HI/c1-2-21-20(24-15-18-9-6-12-25-18)23-14-16-7-5-8-17(13-16)19-10-3-4-11-22-19;/h3-5,7-8,10-11,13,18H,2,6,9,12,14-15H2,1H3,(H2,21,23,24);1H. The van der Waals surface area contributed by atoms with E-state index < -0.39 is 0 Å². The molecule has 1 aromatic heterocycles. The first-order valence-corrected chi connectivity index (χ1v) is 10.0. The van der Waals surface area contributed by atoms with Crippen molar-refractivity contribution in [3.8, 4) is 11.3 Å². The van der Waals surface area contributed by atoms with Crippen LogP contribution in [0.1, 0.15) is 25.3 Å². The maximum absolute atomic E-state index is 4.74. The Morgan fingerprint density at radius 2 is 2.15 bits per heavy atom. The molecule has 3 rings (SSSR count). The van der Waals surface area contributed by atoms with Crippen molar-refractivity contribution in [1.29, 1.82) is 0 Å². The number of nitrogens with zero attached hydrogens (tertiary/aromatic N) is 2. The second kappa shape index (κ2) is 11.4. The minimum Gasteiger partial charge on any atom is -0.357 e. The summed E-state index contributed by atoms with van der Waals surface area (Å²) in [4.78, 5) is 9.17. The van der Waals surface area contributed by atoms with Crippen LogP contribution >= 0.6 is 35.7 Å². The molecule has 4 nitrogen and oxygen atoms in total. The second-order valence-corrected chi connectivity index (χ2v) is 7.53. The average molecular weight is 482 g/mol. The van der Waals surface area contributed by atoms with Crippen LogP contribution in [0.3, 0.4) is 0 Å². The van der Waals surface area contributed by atoms with E-state index in [9.17, 15) is 0 Å². The number of pyridine rings is 1. The van der Waals surface area contributed by atoms with Crippen molar-refractivity contribution in [2.24, 2.45) is 4.99 Å². The summed E-state index contributed by atoms with van der Waals surface area (Å²) in [5.74, 6) is 2.19. The summed E-state index contributed by atoms with van der Waals surface area (Å²) in [7, 11) is 0. The second-order valence-electron chi connectivity index (χ2n) is 6.13. The molecule has 1 fully saturated rings. The van der Waals surface area contributed by atoms with E-state index in [1.165, 1.54) is 24.2 Å². The van der Waals surface area contributed by atoms with E-state index in [1.807, 2.05) is 24.4 Å². The zero-order valence-electron chi connectivity index (χ0n) is 15.1. The topological polar surface area (TPSA) is 49.3 Å². The maximum Gasteiger partial charge on any atom is 0.191 e. The number of aromatic nitrogens is 1. The van der Waals surface area contributed by atoms with E-state index in [2.05, 4.69) is 58.6 Å². The smallest absolute Gasteiger partial charge is 0.191 e. The van der Waals surface area contributed by atoms with E-state index in [0.29, 0.717) is 6.54 Å². The van der Waals surface area contributed by atoms with Crippen LogP contribution in [-0.4, -0.2) is 35.0 Å². The average Bonchev–Trinajstić information content (AvgIpc) is 3.18. The van der Waals surface area contributed by atoms with Gasteiger partial charge < -0.3 is 10.6 Å². The number of nitrogens with one attached hydrogen (secondary N) is 2.